The van der Waals surface area contributed by atoms with E-state index < -0.39 is 9.84 Å². The van der Waals surface area contributed by atoms with Crippen LogP contribution in [-0.2, 0) is 9.84 Å². The molecule has 0 aliphatic rings. The molecule has 0 bridgehead atoms. The Morgan fingerprint density at radius 1 is 1.30 bits per heavy atom. The van der Waals surface area contributed by atoms with Crippen LogP contribution in [0.1, 0.15) is 24.2 Å². The lowest BCUT2D eigenvalue weighted by Gasteiger charge is -2.11. The van der Waals surface area contributed by atoms with Crippen molar-refractivity contribution in [3.05, 3.63) is 23.8 Å². The van der Waals surface area contributed by atoms with E-state index in [0.717, 1.165) is 0 Å². The Bertz CT molecular complexity index is 570. The number of hydrogen-bond acceptors (Lipinski definition) is 5. The molecule has 1 rings (SSSR count). The Morgan fingerprint density at radius 3 is 2.60 bits per heavy atom. The van der Waals surface area contributed by atoms with Crippen LogP contribution in [0.15, 0.2) is 18.2 Å². The number of sulfone groups is 1. The first-order valence-corrected chi connectivity index (χ1v) is 8.33. The van der Waals surface area contributed by atoms with Crippen molar-refractivity contribution in [1.29, 1.82) is 0 Å². The van der Waals surface area contributed by atoms with Gasteiger partial charge in [-0.25, -0.2) is 8.42 Å². The van der Waals surface area contributed by atoms with E-state index in [0.29, 0.717) is 23.5 Å². The van der Waals surface area contributed by atoms with Gasteiger partial charge in [0.05, 0.1) is 17.1 Å². The van der Waals surface area contributed by atoms with Crippen LogP contribution >= 0.6 is 0 Å². The second-order valence-corrected chi connectivity index (χ2v) is 6.80. The Kier molecular flexibility index (Phi) is 5.82. The third kappa shape index (κ3) is 4.73. The summed E-state index contributed by atoms with van der Waals surface area (Å²) >= 11 is 0. The van der Waals surface area contributed by atoms with E-state index in [1.165, 1.54) is 0 Å². The molecule has 7 heteroatoms. The highest BCUT2D eigenvalue weighted by atomic mass is 32.2. The van der Waals surface area contributed by atoms with Crippen molar-refractivity contribution in [3.8, 4) is 0 Å². The lowest BCUT2D eigenvalue weighted by atomic mass is 10.1. The summed E-state index contributed by atoms with van der Waals surface area (Å²) in [5, 5.41) is 5.65. The van der Waals surface area contributed by atoms with Crippen molar-refractivity contribution in [3.63, 3.8) is 0 Å². The minimum Gasteiger partial charge on any atom is -0.397 e. The Hall–Kier alpha value is -1.76. The molecule has 0 aliphatic heterocycles. The van der Waals surface area contributed by atoms with Crippen molar-refractivity contribution in [1.82, 2.24) is 5.32 Å². The van der Waals surface area contributed by atoms with Crippen molar-refractivity contribution in [2.24, 2.45) is 0 Å². The quantitative estimate of drug-likeness (QED) is 0.648. The van der Waals surface area contributed by atoms with Gasteiger partial charge in [0, 0.05) is 24.4 Å². The number of rotatable bonds is 7. The van der Waals surface area contributed by atoms with Crippen molar-refractivity contribution >= 4 is 27.1 Å². The van der Waals surface area contributed by atoms with Crippen LogP contribution in [-0.4, -0.2) is 38.9 Å². The SMILES string of the molecule is CCNC(=O)c1ccc(N)c(NCCS(=O)(=O)CC)c1. The molecule has 0 heterocycles. The zero-order valence-electron chi connectivity index (χ0n) is 11.8. The van der Waals surface area contributed by atoms with Gasteiger partial charge < -0.3 is 16.4 Å². The molecule has 0 aromatic heterocycles. The highest BCUT2D eigenvalue weighted by Crippen LogP contribution is 2.19. The first-order chi connectivity index (χ1) is 9.39. The minimum absolute atomic E-state index is 0.0360. The van der Waals surface area contributed by atoms with E-state index in [-0.39, 0.29) is 24.0 Å². The summed E-state index contributed by atoms with van der Waals surface area (Å²) in [6.45, 7) is 4.25. The van der Waals surface area contributed by atoms with Crippen LogP contribution in [0.4, 0.5) is 11.4 Å². The summed E-state index contributed by atoms with van der Waals surface area (Å²) in [5.74, 6) is -0.0334. The fourth-order valence-electron chi connectivity index (χ4n) is 1.60. The van der Waals surface area contributed by atoms with Crippen LogP contribution in [0.3, 0.4) is 0 Å². The van der Waals surface area contributed by atoms with E-state index in [2.05, 4.69) is 10.6 Å². The van der Waals surface area contributed by atoms with Gasteiger partial charge >= 0.3 is 0 Å². The molecule has 0 saturated heterocycles. The molecular formula is C13H21N3O3S. The first kappa shape index (κ1) is 16.3. The van der Waals surface area contributed by atoms with Gasteiger partial charge in [-0.3, -0.25) is 4.79 Å². The largest absolute Gasteiger partial charge is 0.397 e. The molecule has 0 atom stereocenters. The fourth-order valence-corrected chi connectivity index (χ4v) is 2.30. The van der Waals surface area contributed by atoms with Crippen molar-refractivity contribution < 1.29 is 13.2 Å². The summed E-state index contributed by atoms with van der Waals surface area (Å²) in [6, 6.07) is 4.88. The zero-order valence-corrected chi connectivity index (χ0v) is 12.6. The Labute approximate surface area is 119 Å². The average Bonchev–Trinajstić information content (AvgIpc) is 2.41. The molecule has 4 N–H and O–H groups in total. The predicted molar refractivity (Wildman–Crippen MR) is 81.7 cm³/mol. The molecule has 112 valence electrons. The first-order valence-electron chi connectivity index (χ1n) is 6.51. The summed E-state index contributed by atoms with van der Waals surface area (Å²) in [4.78, 5) is 11.7. The van der Waals surface area contributed by atoms with Gasteiger partial charge in [0.2, 0.25) is 0 Å². The number of carbonyl (C=O) groups excluding carboxylic acids is 1. The highest BCUT2D eigenvalue weighted by molar-refractivity contribution is 7.91. The number of nitrogens with two attached hydrogens (primary N) is 1. The molecule has 0 fully saturated rings. The molecule has 0 spiro atoms. The Balaban J connectivity index is 2.75. The lowest BCUT2D eigenvalue weighted by molar-refractivity contribution is 0.0956. The molecule has 0 saturated carbocycles. The molecule has 0 aliphatic carbocycles. The summed E-state index contributed by atoms with van der Waals surface area (Å²) < 4.78 is 22.8. The van der Waals surface area contributed by atoms with Gasteiger partial charge in [0.1, 0.15) is 0 Å². The van der Waals surface area contributed by atoms with E-state index in [1.807, 2.05) is 6.92 Å². The number of carbonyl (C=O) groups is 1. The van der Waals surface area contributed by atoms with Gasteiger partial charge in [0.25, 0.3) is 5.91 Å². The minimum atomic E-state index is -3.02. The number of amides is 1. The number of anilines is 2. The maximum atomic E-state index is 11.7. The molecule has 0 unspecified atom stereocenters. The molecule has 1 amide bonds. The number of nitrogen functional groups attached to an aromatic ring is 1. The van der Waals surface area contributed by atoms with Gasteiger partial charge in [-0.15, -0.1) is 0 Å². The second kappa shape index (κ2) is 7.14. The van der Waals surface area contributed by atoms with Gasteiger partial charge in [-0.05, 0) is 25.1 Å². The summed E-state index contributed by atoms with van der Waals surface area (Å²) in [7, 11) is -3.02. The molecule has 6 nitrogen and oxygen atoms in total. The van der Waals surface area contributed by atoms with E-state index in [1.54, 1.807) is 25.1 Å². The smallest absolute Gasteiger partial charge is 0.251 e. The number of hydrogen-bond donors (Lipinski definition) is 3. The Morgan fingerprint density at radius 2 is 2.00 bits per heavy atom. The van der Waals surface area contributed by atoms with Crippen LogP contribution in [0.5, 0.6) is 0 Å². The average molecular weight is 299 g/mol. The maximum absolute atomic E-state index is 11.7. The standard InChI is InChI=1S/C13H21N3O3S/c1-3-15-13(17)10-5-6-11(14)12(9-10)16-7-8-20(18,19)4-2/h5-6,9,16H,3-4,7-8,14H2,1-2H3,(H,15,17). The van der Waals surface area contributed by atoms with E-state index in [9.17, 15) is 13.2 Å². The molecule has 1 aromatic rings. The fraction of sp³-hybridized carbons (Fsp3) is 0.462. The summed E-state index contributed by atoms with van der Waals surface area (Å²) in [6.07, 6.45) is 0. The normalized spacial score (nSPS) is 11.1. The summed E-state index contributed by atoms with van der Waals surface area (Å²) in [5.41, 5.74) is 7.34. The van der Waals surface area contributed by atoms with Crippen molar-refractivity contribution in [2.45, 2.75) is 13.8 Å². The van der Waals surface area contributed by atoms with Gasteiger partial charge in [0.15, 0.2) is 9.84 Å². The second-order valence-electron chi connectivity index (χ2n) is 4.32. The highest BCUT2D eigenvalue weighted by Gasteiger charge is 2.09. The van der Waals surface area contributed by atoms with Crippen molar-refractivity contribution in [2.75, 3.05) is 35.6 Å². The van der Waals surface area contributed by atoms with Crippen LogP contribution in [0.2, 0.25) is 0 Å². The van der Waals surface area contributed by atoms with Crippen LogP contribution < -0.4 is 16.4 Å². The monoisotopic (exact) mass is 299 g/mol. The number of nitrogens with one attached hydrogen (secondary N) is 2. The molecule has 0 radical (unpaired) electrons. The van der Waals surface area contributed by atoms with Crippen LogP contribution in [0.25, 0.3) is 0 Å². The van der Waals surface area contributed by atoms with Gasteiger partial charge in [-0.1, -0.05) is 6.92 Å². The topological polar surface area (TPSA) is 101 Å². The predicted octanol–water partition coefficient (Wildman–Crippen LogP) is 0.865. The number of benzene rings is 1. The molecular weight excluding hydrogens is 278 g/mol. The van der Waals surface area contributed by atoms with E-state index in [4.69, 9.17) is 5.73 Å². The molecule has 1 aromatic carbocycles. The molecule has 20 heavy (non-hydrogen) atoms. The van der Waals surface area contributed by atoms with Crippen LogP contribution in [0, 0.1) is 0 Å². The maximum Gasteiger partial charge on any atom is 0.251 e. The zero-order chi connectivity index (χ0) is 15.2. The third-order valence-corrected chi connectivity index (χ3v) is 4.53. The third-order valence-electron chi connectivity index (χ3n) is 2.82. The van der Waals surface area contributed by atoms with Gasteiger partial charge in [-0.2, -0.15) is 0 Å². The lowest BCUT2D eigenvalue weighted by Crippen LogP contribution is -2.23. The van der Waals surface area contributed by atoms with E-state index >= 15 is 0 Å².